The molecule has 0 spiro atoms. The smallest absolute Gasteiger partial charge is 0.227 e. The standard InChI is InChI=1S/C20H24N2O3S/c1-14-2-4-18(5-3-14)22-11-17(9-19(22)24)20(25)21-10-16(12-23)8-15-6-7-26-13-15/h2-7,13,16-17,23H,8-12H2,1H3,(H,21,25)/t16-,17+/m1/s1. The van der Waals surface area contributed by atoms with Gasteiger partial charge in [0.1, 0.15) is 0 Å². The fourth-order valence-electron chi connectivity index (χ4n) is 3.19. The van der Waals surface area contributed by atoms with Crippen LogP contribution in [0.4, 0.5) is 5.69 Å². The zero-order valence-electron chi connectivity index (χ0n) is 14.9. The van der Waals surface area contributed by atoms with Gasteiger partial charge in [-0.15, -0.1) is 0 Å². The Hall–Kier alpha value is -2.18. The molecule has 1 aromatic heterocycles. The minimum absolute atomic E-state index is 0.0149. The first-order valence-electron chi connectivity index (χ1n) is 8.83. The molecule has 138 valence electrons. The molecular formula is C20H24N2O3S. The lowest BCUT2D eigenvalue weighted by Gasteiger charge is -2.18. The average molecular weight is 372 g/mol. The molecule has 0 aliphatic carbocycles. The lowest BCUT2D eigenvalue weighted by atomic mass is 10.0. The van der Waals surface area contributed by atoms with Crippen molar-refractivity contribution in [3.8, 4) is 0 Å². The fourth-order valence-corrected chi connectivity index (χ4v) is 3.87. The van der Waals surface area contributed by atoms with Gasteiger partial charge in [0.15, 0.2) is 0 Å². The van der Waals surface area contributed by atoms with E-state index >= 15 is 0 Å². The zero-order valence-corrected chi connectivity index (χ0v) is 15.7. The van der Waals surface area contributed by atoms with Crippen molar-refractivity contribution in [2.45, 2.75) is 19.8 Å². The van der Waals surface area contributed by atoms with E-state index in [0.29, 0.717) is 13.1 Å². The highest BCUT2D eigenvalue weighted by atomic mass is 32.1. The minimum atomic E-state index is -0.343. The van der Waals surface area contributed by atoms with Gasteiger partial charge in [-0.3, -0.25) is 9.59 Å². The van der Waals surface area contributed by atoms with E-state index in [1.54, 1.807) is 16.2 Å². The van der Waals surface area contributed by atoms with Crippen LogP contribution in [0.1, 0.15) is 17.5 Å². The van der Waals surface area contributed by atoms with Gasteiger partial charge in [0.25, 0.3) is 0 Å². The Morgan fingerprint density at radius 2 is 2.12 bits per heavy atom. The van der Waals surface area contributed by atoms with Crippen LogP contribution in [0.15, 0.2) is 41.1 Å². The molecule has 0 radical (unpaired) electrons. The Balaban J connectivity index is 1.53. The van der Waals surface area contributed by atoms with Crippen molar-refractivity contribution in [3.05, 3.63) is 52.2 Å². The number of carbonyl (C=O) groups is 2. The molecule has 0 unspecified atom stereocenters. The van der Waals surface area contributed by atoms with Crippen LogP contribution in [0.25, 0.3) is 0 Å². The Labute approximate surface area is 157 Å². The molecule has 2 heterocycles. The van der Waals surface area contributed by atoms with Gasteiger partial charge in [-0.05, 0) is 47.9 Å². The third-order valence-corrected chi connectivity index (χ3v) is 5.50. The second-order valence-electron chi connectivity index (χ2n) is 6.87. The van der Waals surface area contributed by atoms with Crippen molar-refractivity contribution in [2.75, 3.05) is 24.6 Å². The van der Waals surface area contributed by atoms with Gasteiger partial charge >= 0.3 is 0 Å². The maximum atomic E-state index is 12.5. The Morgan fingerprint density at radius 1 is 1.35 bits per heavy atom. The summed E-state index contributed by atoms with van der Waals surface area (Å²) < 4.78 is 0. The van der Waals surface area contributed by atoms with Crippen LogP contribution in [0, 0.1) is 18.8 Å². The summed E-state index contributed by atoms with van der Waals surface area (Å²) in [6.45, 7) is 2.84. The number of hydrogen-bond acceptors (Lipinski definition) is 4. The Kier molecular flexibility index (Phi) is 6.06. The normalized spacial score (nSPS) is 18.2. The quantitative estimate of drug-likeness (QED) is 0.784. The maximum absolute atomic E-state index is 12.5. The van der Waals surface area contributed by atoms with Gasteiger partial charge in [0, 0.05) is 37.7 Å². The average Bonchev–Trinajstić information content (AvgIpc) is 3.28. The van der Waals surface area contributed by atoms with Gasteiger partial charge in [-0.1, -0.05) is 17.7 Å². The topological polar surface area (TPSA) is 69.6 Å². The van der Waals surface area contributed by atoms with Crippen LogP contribution < -0.4 is 10.2 Å². The van der Waals surface area contributed by atoms with E-state index in [0.717, 1.165) is 17.7 Å². The minimum Gasteiger partial charge on any atom is -0.396 e. The maximum Gasteiger partial charge on any atom is 0.227 e. The van der Waals surface area contributed by atoms with Crippen molar-refractivity contribution < 1.29 is 14.7 Å². The first-order valence-corrected chi connectivity index (χ1v) is 9.77. The number of aliphatic hydroxyl groups excluding tert-OH is 1. The van der Waals surface area contributed by atoms with Crippen molar-refractivity contribution in [1.29, 1.82) is 0 Å². The van der Waals surface area contributed by atoms with E-state index in [-0.39, 0.29) is 36.7 Å². The monoisotopic (exact) mass is 372 g/mol. The predicted octanol–water partition coefficient (Wildman–Crippen LogP) is 2.38. The molecule has 2 N–H and O–H groups in total. The predicted molar refractivity (Wildman–Crippen MR) is 103 cm³/mol. The highest BCUT2D eigenvalue weighted by Gasteiger charge is 2.35. The summed E-state index contributed by atoms with van der Waals surface area (Å²) in [5.41, 5.74) is 3.14. The Morgan fingerprint density at radius 3 is 2.77 bits per heavy atom. The number of benzene rings is 1. The molecule has 1 aromatic carbocycles. The van der Waals surface area contributed by atoms with Gasteiger partial charge in [-0.2, -0.15) is 11.3 Å². The van der Waals surface area contributed by atoms with Crippen LogP contribution in [0.2, 0.25) is 0 Å². The summed E-state index contributed by atoms with van der Waals surface area (Å²) in [6, 6.07) is 9.79. The number of aryl methyl sites for hydroxylation is 1. The Bertz CT molecular complexity index is 743. The second-order valence-corrected chi connectivity index (χ2v) is 7.65. The first kappa shape index (κ1) is 18.6. The summed E-state index contributed by atoms with van der Waals surface area (Å²) in [5, 5.41) is 16.5. The van der Waals surface area contributed by atoms with Crippen LogP contribution in [0.3, 0.4) is 0 Å². The van der Waals surface area contributed by atoms with Gasteiger partial charge in [0.05, 0.1) is 5.92 Å². The molecule has 1 fully saturated rings. The molecule has 0 saturated carbocycles. The number of thiophene rings is 1. The van der Waals surface area contributed by atoms with E-state index in [9.17, 15) is 14.7 Å². The summed E-state index contributed by atoms with van der Waals surface area (Å²) in [4.78, 5) is 26.4. The molecule has 6 heteroatoms. The van der Waals surface area contributed by atoms with Crippen molar-refractivity contribution in [3.63, 3.8) is 0 Å². The lowest BCUT2D eigenvalue weighted by molar-refractivity contribution is -0.126. The van der Waals surface area contributed by atoms with Crippen LogP contribution in [-0.4, -0.2) is 36.6 Å². The first-order chi connectivity index (χ1) is 12.6. The number of anilines is 1. The van der Waals surface area contributed by atoms with Gasteiger partial charge in [0.2, 0.25) is 11.8 Å². The molecule has 1 aliphatic rings. The van der Waals surface area contributed by atoms with Crippen LogP contribution in [0.5, 0.6) is 0 Å². The third kappa shape index (κ3) is 4.51. The molecule has 2 amide bonds. The van der Waals surface area contributed by atoms with Crippen LogP contribution >= 0.6 is 11.3 Å². The highest BCUT2D eigenvalue weighted by Crippen LogP contribution is 2.25. The fraction of sp³-hybridized carbons (Fsp3) is 0.400. The largest absolute Gasteiger partial charge is 0.396 e. The third-order valence-electron chi connectivity index (χ3n) is 4.77. The van der Waals surface area contributed by atoms with E-state index in [4.69, 9.17) is 0 Å². The molecule has 3 rings (SSSR count). The van der Waals surface area contributed by atoms with Crippen molar-refractivity contribution >= 4 is 28.8 Å². The van der Waals surface area contributed by atoms with Gasteiger partial charge < -0.3 is 15.3 Å². The van der Waals surface area contributed by atoms with Crippen LogP contribution in [-0.2, 0) is 16.0 Å². The SMILES string of the molecule is Cc1ccc(N2C[C@@H](C(=O)NC[C@H](CO)Cc3ccsc3)CC2=O)cc1. The summed E-state index contributed by atoms with van der Waals surface area (Å²) in [7, 11) is 0. The molecule has 0 bridgehead atoms. The number of amides is 2. The van der Waals surface area contributed by atoms with Gasteiger partial charge in [-0.25, -0.2) is 0 Å². The molecule has 2 aromatic rings. The zero-order chi connectivity index (χ0) is 18.5. The highest BCUT2D eigenvalue weighted by molar-refractivity contribution is 7.07. The van der Waals surface area contributed by atoms with Crippen molar-refractivity contribution in [2.24, 2.45) is 11.8 Å². The number of nitrogens with one attached hydrogen (secondary N) is 1. The summed E-state index contributed by atoms with van der Waals surface area (Å²) >= 11 is 1.62. The van der Waals surface area contributed by atoms with E-state index in [1.807, 2.05) is 42.6 Å². The van der Waals surface area contributed by atoms with Crippen molar-refractivity contribution in [1.82, 2.24) is 5.32 Å². The number of carbonyl (C=O) groups excluding carboxylic acids is 2. The van der Waals surface area contributed by atoms with E-state index in [2.05, 4.69) is 10.7 Å². The number of rotatable bonds is 7. The summed E-state index contributed by atoms with van der Waals surface area (Å²) in [5.74, 6) is -0.495. The van der Waals surface area contributed by atoms with E-state index in [1.165, 1.54) is 5.56 Å². The molecule has 5 nitrogen and oxygen atoms in total. The number of aliphatic hydroxyl groups is 1. The molecule has 2 atom stereocenters. The second kappa shape index (κ2) is 8.47. The molecular weight excluding hydrogens is 348 g/mol. The number of nitrogens with zero attached hydrogens (tertiary/aromatic N) is 1. The molecule has 26 heavy (non-hydrogen) atoms. The lowest BCUT2D eigenvalue weighted by Crippen LogP contribution is -2.37. The summed E-state index contributed by atoms with van der Waals surface area (Å²) in [6.07, 6.45) is 0.966. The molecule has 1 aliphatic heterocycles. The molecule has 1 saturated heterocycles. The number of hydrogen-bond donors (Lipinski definition) is 2. The van der Waals surface area contributed by atoms with E-state index < -0.39 is 0 Å².